The molecule has 24 heavy (non-hydrogen) atoms. The number of halogens is 1. The van der Waals surface area contributed by atoms with Crippen LogP contribution in [0.15, 0.2) is 71.3 Å². The minimum absolute atomic E-state index is 0.744. The lowest BCUT2D eigenvalue weighted by atomic mass is 10.1. The van der Waals surface area contributed by atoms with E-state index in [4.69, 9.17) is 11.6 Å². The molecule has 0 saturated heterocycles. The molecule has 2 nitrogen and oxygen atoms in total. The third kappa shape index (κ3) is 3.18. The van der Waals surface area contributed by atoms with Crippen LogP contribution in [-0.2, 0) is 5.75 Å². The molecule has 0 aliphatic rings. The molecular formula is C19H13ClN2S2. The standard InChI is InChI=1S/C19H13ClN2S2/c20-15-8-6-14(7-9-15)16-11-24-19-17(16)18(21-12-22-19)23-10-13-4-2-1-3-5-13/h1-9,11-12H,10H2. The molecule has 0 aliphatic carbocycles. The number of benzene rings is 2. The zero-order chi connectivity index (χ0) is 16.4. The van der Waals surface area contributed by atoms with Crippen LogP contribution in [0.1, 0.15) is 5.56 Å². The van der Waals surface area contributed by atoms with E-state index < -0.39 is 0 Å². The molecule has 5 heteroatoms. The summed E-state index contributed by atoms with van der Waals surface area (Å²) in [6.45, 7) is 0. The molecule has 0 atom stereocenters. The van der Waals surface area contributed by atoms with E-state index in [1.807, 2.05) is 30.3 Å². The minimum atomic E-state index is 0.744. The highest BCUT2D eigenvalue weighted by atomic mass is 35.5. The average molecular weight is 369 g/mol. The molecule has 0 saturated carbocycles. The summed E-state index contributed by atoms with van der Waals surface area (Å²) in [4.78, 5) is 9.98. The molecule has 2 heterocycles. The van der Waals surface area contributed by atoms with Crippen LogP contribution in [0.3, 0.4) is 0 Å². The van der Waals surface area contributed by atoms with Crippen LogP contribution < -0.4 is 0 Å². The number of fused-ring (bicyclic) bond motifs is 1. The third-order valence-electron chi connectivity index (χ3n) is 3.71. The number of nitrogens with zero attached hydrogens (tertiary/aromatic N) is 2. The van der Waals surface area contributed by atoms with Crippen molar-refractivity contribution < 1.29 is 0 Å². The molecule has 0 aliphatic heterocycles. The van der Waals surface area contributed by atoms with Crippen molar-refractivity contribution in [1.82, 2.24) is 9.97 Å². The van der Waals surface area contributed by atoms with Crippen LogP contribution in [0.5, 0.6) is 0 Å². The van der Waals surface area contributed by atoms with Crippen molar-refractivity contribution in [3.05, 3.63) is 76.9 Å². The number of hydrogen-bond acceptors (Lipinski definition) is 4. The lowest BCUT2D eigenvalue weighted by Crippen LogP contribution is -1.87. The van der Waals surface area contributed by atoms with Gasteiger partial charge >= 0.3 is 0 Å². The van der Waals surface area contributed by atoms with Crippen molar-refractivity contribution in [1.29, 1.82) is 0 Å². The van der Waals surface area contributed by atoms with E-state index in [0.717, 1.165) is 31.6 Å². The molecule has 0 amide bonds. The van der Waals surface area contributed by atoms with Crippen LogP contribution in [0.25, 0.3) is 21.3 Å². The second-order valence-electron chi connectivity index (χ2n) is 5.29. The Kier molecular flexibility index (Phi) is 4.52. The lowest BCUT2D eigenvalue weighted by molar-refractivity contribution is 1.11. The highest BCUT2D eigenvalue weighted by Crippen LogP contribution is 2.38. The van der Waals surface area contributed by atoms with Gasteiger partial charge in [-0.2, -0.15) is 0 Å². The summed E-state index contributed by atoms with van der Waals surface area (Å²) in [6, 6.07) is 18.4. The lowest BCUT2D eigenvalue weighted by Gasteiger charge is -2.06. The fourth-order valence-corrected chi connectivity index (χ4v) is 4.60. The van der Waals surface area contributed by atoms with Crippen LogP contribution in [0.4, 0.5) is 0 Å². The van der Waals surface area contributed by atoms with Gasteiger partial charge in [-0.25, -0.2) is 9.97 Å². The number of hydrogen-bond donors (Lipinski definition) is 0. The van der Waals surface area contributed by atoms with Gasteiger partial charge in [-0.3, -0.25) is 0 Å². The molecular weight excluding hydrogens is 356 g/mol. The number of aromatic nitrogens is 2. The van der Waals surface area contributed by atoms with Crippen molar-refractivity contribution in [3.8, 4) is 11.1 Å². The van der Waals surface area contributed by atoms with E-state index in [9.17, 15) is 0 Å². The highest BCUT2D eigenvalue weighted by molar-refractivity contribution is 7.98. The summed E-state index contributed by atoms with van der Waals surface area (Å²) in [5, 5.41) is 5.05. The van der Waals surface area contributed by atoms with E-state index in [0.29, 0.717) is 0 Å². The first-order valence-corrected chi connectivity index (χ1v) is 9.70. The number of thioether (sulfide) groups is 1. The predicted octanol–water partition coefficient (Wildman–Crippen LogP) is 6.30. The first kappa shape index (κ1) is 15.6. The average Bonchev–Trinajstić information content (AvgIpc) is 3.06. The molecule has 118 valence electrons. The van der Waals surface area contributed by atoms with Gasteiger partial charge in [0.05, 0.1) is 5.39 Å². The zero-order valence-electron chi connectivity index (χ0n) is 12.6. The number of thiophene rings is 1. The van der Waals surface area contributed by atoms with Crippen LogP contribution in [0, 0.1) is 0 Å². The van der Waals surface area contributed by atoms with Crippen molar-refractivity contribution in [2.75, 3.05) is 0 Å². The second kappa shape index (κ2) is 6.93. The fourth-order valence-electron chi connectivity index (χ4n) is 2.52. The Labute approximate surface area is 153 Å². The maximum Gasteiger partial charge on any atom is 0.128 e. The summed E-state index contributed by atoms with van der Waals surface area (Å²) in [5.41, 5.74) is 3.60. The molecule has 0 radical (unpaired) electrons. The van der Waals surface area contributed by atoms with E-state index >= 15 is 0 Å². The van der Waals surface area contributed by atoms with Gasteiger partial charge in [0.2, 0.25) is 0 Å². The Bertz CT molecular complexity index is 966. The quantitative estimate of drug-likeness (QED) is 0.312. The first-order chi connectivity index (χ1) is 11.8. The molecule has 0 unspecified atom stereocenters. The van der Waals surface area contributed by atoms with Crippen LogP contribution in [-0.4, -0.2) is 9.97 Å². The Morgan fingerprint density at radius 1 is 0.958 bits per heavy atom. The Hall–Kier alpha value is -1.88. The summed E-state index contributed by atoms with van der Waals surface area (Å²) >= 11 is 9.41. The molecule has 0 fully saturated rings. The van der Waals surface area contributed by atoms with Crippen molar-refractivity contribution in [2.24, 2.45) is 0 Å². The largest absolute Gasteiger partial charge is 0.229 e. The van der Waals surface area contributed by atoms with E-state index in [1.54, 1.807) is 29.4 Å². The monoisotopic (exact) mass is 368 g/mol. The van der Waals surface area contributed by atoms with Gasteiger partial charge in [-0.05, 0) is 23.3 Å². The Balaban J connectivity index is 1.73. The highest BCUT2D eigenvalue weighted by Gasteiger charge is 2.13. The normalized spacial score (nSPS) is 11.0. The van der Waals surface area contributed by atoms with Gasteiger partial charge in [0, 0.05) is 21.7 Å². The minimum Gasteiger partial charge on any atom is -0.229 e. The van der Waals surface area contributed by atoms with E-state index in [2.05, 4.69) is 39.6 Å². The van der Waals surface area contributed by atoms with Gasteiger partial charge in [-0.15, -0.1) is 23.1 Å². The summed E-state index contributed by atoms with van der Waals surface area (Å²) in [6.07, 6.45) is 1.65. The molecule has 4 rings (SSSR count). The molecule has 0 N–H and O–H groups in total. The van der Waals surface area contributed by atoms with Gasteiger partial charge in [-0.1, -0.05) is 54.1 Å². The van der Waals surface area contributed by atoms with Gasteiger partial charge in [0.15, 0.2) is 0 Å². The Morgan fingerprint density at radius 3 is 2.54 bits per heavy atom. The van der Waals surface area contributed by atoms with Crippen molar-refractivity contribution >= 4 is 44.9 Å². The molecule has 0 spiro atoms. The SMILES string of the molecule is Clc1ccc(-c2csc3ncnc(SCc4ccccc4)c23)cc1. The third-order valence-corrected chi connectivity index (χ3v) is 5.91. The maximum atomic E-state index is 6.01. The van der Waals surface area contributed by atoms with Gasteiger partial charge < -0.3 is 0 Å². The smallest absolute Gasteiger partial charge is 0.128 e. The van der Waals surface area contributed by atoms with Crippen molar-refractivity contribution in [2.45, 2.75) is 10.8 Å². The first-order valence-electron chi connectivity index (χ1n) is 7.46. The molecule has 2 aromatic heterocycles. The summed E-state index contributed by atoms with van der Waals surface area (Å²) in [7, 11) is 0. The summed E-state index contributed by atoms with van der Waals surface area (Å²) < 4.78 is 0. The molecule has 0 bridgehead atoms. The van der Waals surface area contributed by atoms with Crippen molar-refractivity contribution in [3.63, 3.8) is 0 Å². The molecule has 4 aromatic rings. The van der Waals surface area contributed by atoms with Crippen LogP contribution >= 0.6 is 34.7 Å². The predicted molar refractivity (Wildman–Crippen MR) is 104 cm³/mol. The summed E-state index contributed by atoms with van der Waals surface area (Å²) in [5.74, 6) is 0.892. The maximum absolute atomic E-state index is 6.01. The second-order valence-corrected chi connectivity index (χ2v) is 7.55. The number of rotatable bonds is 4. The van der Waals surface area contributed by atoms with Gasteiger partial charge in [0.1, 0.15) is 16.2 Å². The Morgan fingerprint density at radius 2 is 1.75 bits per heavy atom. The fraction of sp³-hybridized carbons (Fsp3) is 0.0526. The molecule has 2 aromatic carbocycles. The van der Waals surface area contributed by atoms with E-state index in [1.165, 1.54) is 11.1 Å². The van der Waals surface area contributed by atoms with Gasteiger partial charge in [0.25, 0.3) is 0 Å². The van der Waals surface area contributed by atoms with E-state index in [-0.39, 0.29) is 0 Å². The van der Waals surface area contributed by atoms with Crippen LogP contribution in [0.2, 0.25) is 5.02 Å². The zero-order valence-corrected chi connectivity index (χ0v) is 15.0. The topological polar surface area (TPSA) is 25.8 Å².